The van der Waals surface area contributed by atoms with Gasteiger partial charge in [0.1, 0.15) is 5.52 Å². The molecule has 4 rings (SSSR count). The van der Waals surface area contributed by atoms with Crippen LogP contribution in [0.1, 0.15) is 28.7 Å². The van der Waals surface area contributed by atoms with Crippen molar-refractivity contribution in [1.82, 2.24) is 4.98 Å². The molecule has 4 aromatic rings. The Hall–Kier alpha value is -3.86. The molecule has 1 aromatic heterocycles. The van der Waals surface area contributed by atoms with Gasteiger partial charge in [-0.15, -0.1) is 0 Å². The zero-order valence-electron chi connectivity index (χ0n) is 16.8. The Labute approximate surface area is 174 Å². The number of allylic oxidation sites excluding steroid dienone is 1. The first-order valence-corrected chi connectivity index (χ1v) is 9.68. The Bertz CT molecular complexity index is 1180. The van der Waals surface area contributed by atoms with Crippen LogP contribution in [0, 0.1) is 0 Å². The maximum absolute atomic E-state index is 13.3. The van der Waals surface area contributed by atoms with Gasteiger partial charge < -0.3 is 13.9 Å². The first-order valence-electron chi connectivity index (χ1n) is 9.68. The Morgan fingerprint density at radius 1 is 1.00 bits per heavy atom. The van der Waals surface area contributed by atoms with Gasteiger partial charge >= 0.3 is 0 Å². The summed E-state index contributed by atoms with van der Waals surface area (Å²) in [6.07, 6.45) is 1.76. The number of nitrogens with zero attached hydrogens (tertiary/aromatic N) is 1. The molecule has 0 aliphatic carbocycles. The van der Waals surface area contributed by atoms with E-state index in [-0.39, 0.29) is 11.7 Å². The van der Waals surface area contributed by atoms with Crippen molar-refractivity contribution in [1.29, 1.82) is 0 Å². The number of oxazole rings is 1. The molecule has 3 aromatic carbocycles. The highest BCUT2D eigenvalue weighted by Gasteiger charge is 2.20. The minimum absolute atomic E-state index is 0.171. The van der Waals surface area contributed by atoms with Crippen LogP contribution in [0.2, 0.25) is 0 Å². The van der Waals surface area contributed by atoms with E-state index < -0.39 is 0 Å². The highest BCUT2D eigenvalue weighted by molar-refractivity contribution is 6.31. The number of benzene rings is 3. The molecule has 0 aliphatic heterocycles. The molecule has 0 amide bonds. The highest BCUT2D eigenvalue weighted by Crippen LogP contribution is 2.31. The van der Waals surface area contributed by atoms with E-state index in [1.807, 2.05) is 67.6 Å². The predicted molar refractivity (Wildman–Crippen MR) is 117 cm³/mol. The number of hydrogen-bond donors (Lipinski definition) is 0. The first-order chi connectivity index (χ1) is 14.7. The molecule has 0 N–H and O–H groups in total. The third kappa shape index (κ3) is 3.96. The van der Waals surface area contributed by atoms with E-state index in [4.69, 9.17) is 13.9 Å². The third-order valence-corrected chi connectivity index (χ3v) is 4.60. The summed E-state index contributed by atoms with van der Waals surface area (Å²) in [4.78, 5) is 17.9. The fourth-order valence-corrected chi connectivity index (χ4v) is 3.17. The van der Waals surface area contributed by atoms with Crippen molar-refractivity contribution in [2.45, 2.75) is 6.92 Å². The molecule has 150 valence electrons. The number of hydrogen-bond acceptors (Lipinski definition) is 5. The number of carbonyl (C=O) groups excluding carboxylic acids is 1. The molecule has 0 atom stereocenters. The summed E-state index contributed by atoms with van der Waals surface area (Å²) in [7, 11) is 1.59. The second-order valence-corrected chi connectivity index (χ2v) is 6.58. The van der Waals surface area contributed by atoms with Crippen molar-refractivity contribution in [3.8, 4) is 11.5 Å². The van der Waals surface area contributed by atoms with Crippen LogP contribution in [0.4, 0.5) is 0 Å². The normalized spacial score (nSPS) is 11.5. The van der Waals surface area contributed by atoms with Crippen molar-refractivity contribution in [3.05, 3.63) is 89.8 Å². The summed E-state index contributed by atoms with van der Waals surface area (Å²) in [5, 5.41) is 0. The molecular weight excluding hydrogens is 378 g/mol. The molecule has 5 nitrogen and oxygen atoms in total. The molecule has 0 fully saturated rings. The zero-order valence-corrected chi connectivity index (χ0v) is 16.8. The molecule has 5 heteroatoms. The van der Waals surface area contributed by atoms with E-state index in [0.717, 1.165) is 5.56 Å². The lowest BCUT2D eigenvalue weighted by Crippen LogP contribution is -2.03. The second kappa shape index (κ2) is 8.66. The van der Waals surface area contributed by atoms with Gasteiger partial charge in [-0.1, -0.05) is 48.5 Å². The van der Waals surface area contributed by atoms with Crippen LogP contribution in [0.25, 0.3) is 22.7 Å². The summed E-state index contributed by atoms with van der Waals surface area (Å²) < 4.78 is 16.9. The number of ether oxygens (including phenoxy) is 2. The van der Waals surface area contributed by atoms with E-state index in [0.29, 0.717) is 40.3 Å². The molecule has 0 radical (unpaired) electrons. The van der Waals surface area contributed by atoms with Crippen LogP contribution in [0.15, 0.2) is 77.2 Å². The average molecular weight is 399 g/mol. The molecular formula is C25H21NO4. The second-order valence-electron chi connectivity index (χ2n) is 6.58. The summed E-state index contributed by atoms with van der Waals surface area (Å²) in [6.45, 7) is 2.45. The third-order valence-electron chi connectivity index (χ3n) is 4.60. The van der Waals surface area contributed by atoms with Crippen molar-refractivity contribution < 1.29 is 18.7 Å². The summed E-state index contributed by atoms with van der Waals surface area (Å²) in [6, 6.07) is 22.0. The van der Waals surface area contributed by atoms with Crippen LogP contribution in [-0.4, -0.2) is 24.5 Å². The van der Waals surface area contributed by atoms with Crippen LogP contribution < -0.4 is 9.47 Å². The van der Waals surface area contributed by atoms with Crippen LogP contribution in [-0.2, 0) is 0 Å². The van der Waals surface area contributed by atoms with Gasteiger partial charge in [-0.05, 0) is 42.8 Å². The lowest BCUT2D eigenvalue weighted by molar-refractivity contribution is 0.105. The fraction of sp³-hybridized carbons (Fsp3) is 0.120. The quantitative estimate of drug-likeness (QED) is 0.296. The molecule has 0 saturated heterocycles. The number of carbonyl (C=O) groups is 1. The molecule has 30 heavy (non-hydrogen) atoms. The molecule has 0 unspecified atom stereocenters. The van der Waals surface area contributed by atoms with Crippen molar-refractivity contribution in [2.75, 3.05) is 13.7 Å². The van der Waals surface area contributed by atoms with Crippen molar-refractivity contribution in [2.24, 2.45) is 0 Å². The SMILES string of the molecule is CCOc1ccc(/C=C(/C(=O)c2ccccc2)c2nc3ccccc3o2)cc1OC. The Kier molecular flexibility index (Phi) is 5.61. The van der Waals surface area contributed by atoms with Crippen LogP contribution in [0.3, 0.4) is 0 Å². The molecule has 0 aliphatic rings. The van der Waals surface area contributed by atoms with Crippen LogP contribution >= 0.6 is 0 Å². The van der Waals surface area contributed by atoms with Gasteiger partial charge in [-0.2, -0.15) is 0 Å². The van der Waals surface area contributed by atoms with E-state index >= 15 is 0 Å². The molecule has 0 bridgehead atoms. The number of ketones is 1. The lowest BCUT2D eigenvalue weighted by Gasteiger charge is -2.10. The standard InChI is InChI=1S/C25H21NO4/c1-3-29-22-14-13-17(16-23(22)28-2)15-19(24(27)18-9-5-4-6-10-18)25-26-20-11-7-8-12-21(20)30-25/h4-16H,3H2,1-2H3/b19-15-. The maximum atomic E-state index is 13.3. The van der Waals surface area contributed by atoms with E-state index in [1.165, 1.54) is 0 Å². The Morgan fingerprint density at radius 2 is 1.77 bits per heavy atom. The molecule has 0 spiro atoms. The summed E-state index contributed by atoms with van der Waals surface area (Å²) >= 11 is 0. The van der Waals surface area contributed by atoms with Gasteiger partial charge in [-0.25, -0.2) is 4.98 Å². The minimum Gasteiger partial charge on any atom is -0.493 e. The number of rotatable bonds is 7. The largest absolute Gasteiger partial charge is 0.493 e. The number of Topliss-reactive ketones (excluding diaryl/α,β-unsaturated/α-hetero) is 1. The highest BCUT2D eigenvalue weighted by atomic mass is 16.5. The summed E-state index contributed by atoms with van der Waals surface area (Å²) in [5.74, 6) is 1.34. The number of fused-ring (bicyclic) bond motifs is 1. The molecule has 0 saturated carbocycles. The maximum Gasteiger partial charge on any atom is 0.231 e. The Balaban J connectivity index is 1.83. The van der Waals surface area contributed by atoms with Gasteiger partial charge in [0.05, 0.1) is 19.3 Å². The van der Waals surface area contributed by atoms with Gasteiger partial charge in [-0.3, -0.25) is 4.79 Å². The van der Waals surface area contributed by atoms with Gasteiger partial charge in [0, 0.05) is 5.56 Å². The zero-order chi connectivity index (χ0) is 20.9. The van der Waals surface area contributed by atoms with Gasteiger partial charge in [0.25, 0.3) is 0 Å². The van der Waals surface area contributed by atoms with E-state index in [1.54, 1.807) is 25.3 Å². The average Bonchev–Trinajstić information content (AvgIpc) is 3.22. The van der Waals surface area contributed by atoms with Crippen molar-refractivity contribution >= 4 is 28.5 Å². The minimum atomic E-state index is -0.171. The van der Waals surface area contributed by atoms with Gasteiger partial charge in [0.2, 0.25) is 5.89 Å². The van der Waals surface area contributed by atoms with Crippen LogP contribution in [0.5, 0.6) is 11.5 Å². The number of para-hydroxylation sites is 2. The Morgan fingerprint density at radius 3 is 2.50 bits per heavy atom. The number of methoxy groups -OCH3 is 1. The monoisotopic (exact) mass is 399 g/mol. The molecule has 1 heterocycles. The lowest BCUT2D eigenvalue weighted by atomic mass is 10.0. The fourth-order valence-electron chi connectivity index (χ4n) is 3.17. The smallest absolute Gasteiger partial charge is 0.231 e. The summed E-state index contributed by atoms with van der Waals surface area (Å²) in [5.41, 5.74) is 3.02. The number of aromatic nitrogens is 1. The first kappa shape index (κ1) is 19.5. The van der Waals surface area contributed by atoms with E-state index in [9.17, 15) is 4.79 Å². The predicted octanol–water partition coefficient (Wildman–Crippen LogP) is 5.66. The van der Waals surface area contributed by atoms with E-state index in [2.05, 4.69) is 4.98 Å². The van der Waals surface area contributed by atoms with Crippen molar-refractivity contribution in [3.63, 3.8) is 0 Å². The topological polar surface area (TPSA) is 61.6 Å². The van der Waals surface area contributed by atoms with Gasteiger partial charge in [0.15, 0.2) is 22.9 Å².